The number of hydrogen-bond acceptors (Lipinski definition) is 5. The lowest BCUT2D eigenvalue weighted by molar-refractivity contribution is -0.130. The van der Waals surface area contributed by atoms with Crippen molar-refractivity contribution in [1.29, 1.82) is 0 Å². The van der Waals surface area contributed by atoms with E-state index in [1.54, 1.807) is 49.6 Å². The zero-order valence-electron chi connectivity index (χ0n) is 14.5. The molecule has 25 heavy (non-hydrogen) atoms. The van der Waals surface area contributed by atoms with Gasteiger partial charge in [-0.25, -0.2) is 4.79 Å². The molecule has 2 aromatic carbocycles. The summed E-state index contributed by atoms with van der Waals surface area (Å²) in [6.07, 6.45) is 1.57. The highest BCUT2D eigenvalue weighted by molar-refractivity contribution is 6.20. The third-order valence-electron chi connectivity index (χ3n) is 3.63. The Morgan fingerprint density at radius 3 is 1.84 bits per heavy atom. The molecule has 0 bridgehead atoms. The van der Waals surface area contributed by atoms with E-state index in [2.05, 4.69) is 0 Å². The van der Waals surface area contributed by atoms with Crippen molar-refractivity contribution in [3.8, 4) is 23.0 Å². The van der Waals surface area contributed by atoms with Gasteiger partial charge in [-0.05, 0) is 41.5 Å². The zero-order valence-corrected chi connectivity index (χ0v) is 14.5. The van der Waals surface area contributed by atoms with Gasteiger partial charge in [0.1, 0.15) is 5.75 Å². The fourth-order valence-electron chi connectivity index (χ4n) is 2.37. The van der Waals surface area contributed by atoms with Crippen molar-refractivity contribution in [3.05, 3.63) is 47.5 Å². The molecule has 0 saturated heterocycles. The van der Waals surface area contributed by atoms with Gasteiger partial charge in [-0.1, -0.05) is 12.1 Å². The van der Waals surface area contributed by atoms with Crippen LogP contribution in [0.1, 0.15) is 11.1 Å². The summed E-state index contributed by atoms with van der Waals surface area (Å²) in [5.41, 5.74) is 1.27. The van der Waals surface area contributed by atoms with Gasteiger partial charge in [0.25, 0.3) is 0 Å². The summed E-state index contributed by atoms with van der Waals surface area (Å²) >= 11 is 0. The Labute approximate surface area is 146 Å². The van der Waals surface area contributed by atoms with Crippen molar-refractivity contribution in [3.63, 3.8) is 0 Å². The number of carboxylic acid groups (broad SMARTS) is 1. The Kier molecular flexibility index (Phi) is 5.89. The summed E-state index contributed by atoms with van der Waals surface area (Å²) in [4.78, 5) is 11.8. The van der Waals surface area contributed by atoms with Gasteiger partial charge in [0.15, 0.2) is 11.5 Å². The molecule has 0 fully saturated rings. The molecule has 0 aliphatic rings. The molecular weight excluding hydrogens is 324 g/mol. The molecule has 0 spiro atoms. The first kappa shape index (κ1) is 18.2. The molecule has 0 aromatic heterocycles. The molecule has 0 unspecified atom stereocenters. The van der Waals surface area contributed by atoms with E-state index in [1.807, 2.05) is 0 Å². The van der Waals surface area contributed by atoms with Crippen LogP contribution in [0.2, 0.25) is 0 Å². The molecule has 0 atom stereocenters. The molecule has 2 rings (SSSR count). The average Bonchev–Trinajstić information content (AvgIpc) is 2.64. The maximum Gasteiger partial charge on any atom is 0.336 e. The van der Waals surface area contributed by atoms with Gasteiger partial charge in [0.05, 0.1) is 34.0 Å². The summed E-state index contributed by atoms with van der Waals surface area (Å²) in [6, 6.07) is 10.3. The van der Waals surface area contributed by atoms with Crippen molar-refractivity contribution < 1.29 is 28.8 Å². The molecule has 0 heterocycles. The van der Waals surface area contributed by atoms with Gasteiger partial charge in [-0.2, -0.15) is 0 Å². The van der Waals surface area contributed by atoms with E-state index in [4.69, 9.17) is 18.9 Å². The second-order valence-corrected chi connectivity index (χ2v) is 5.05. The topological polar surface area (TPSA) is 74.2 Å². The lowest BCUT2D eigenvalue weighted by atomic mass is 10.0. The minimum absolute atomic E-state index is 0.101. The van der Waals surface area contributed by atoms with Gasteiger partial charge in [0, 0.05) is 0 Å². The fraction of sp³-hybridized carbons (Fsp3) is 0.211. The van der Waals surface area contributed by atoms with Crippen LogP contribution in [0.15, 0.2) is 36.4 Å². The molecule has 6 heteroatoms. The zero-order chi connectivity index (χ0) is 18.4. The van der Waals surface area contributed by atoms with Gasteiger partial charge in [0.2, 0.25) is 5.75 Å². The first-order valence-corrected chi connectivity index (χ1v) is 7.43. The van der Waals surface area contributed by atoms with Crippen LogP contribution in [0.25, 0.3) is 11.6 Å². The van der Waals surface area contributed by atoms with Crippen LogP contribution in [-0.2, 0) is 4.79 Å². The van der Waals surface area contributed by atoms with E-state index >= 15 is 0 Å². The summed E-state index contributed by atoms with van der Waals surface area (Å²) < 4.78 is 21.0. The van der Waals surface area contributed by atoms with Crippen LogP contribution in [0.3, 0.4) is 0 Å². The van der Waals surface area contributed by atoms with Crippen LogP contribution in [0.5, 0.6) is 23.0 Å². The number of rotatable bonds is 7. The monoisotopic (exact) mass is 344 g/mol. The molecule has 6 nitrogen and oxygen atoms in total. The van der Waals surface area contributed by atoms with E-state index in [9.17, 15) is 9.90 Å². The number of aliphatic carboxylic acids is 1. The second kappa shape index (κ2) is 8.10. The number of hydrogen-bond donors (Lipinski definition) is 1. The van der Waals surface area contributed by atoms with Crippen LogP contribution in [-0.4, -0.2) is 39.5 Å². The molecule has 132 valence electrons. The van der Waals surface area contributed by atoms with E-state index in [-0.39, 0.29) is 5.57 Å². The van der Waals surface area contributed by atoms with Crippen molar-refractivity contribution in [2.24, 2.45) is 0 Å². The number of carboxylic acids is 1. The smallest absolute Gasteiger partial charge is 0.336 e. The minimum Gasteiger partial charge on any atom is -0.497 e. The fourth-order valence-corrected chi connectivity index (χ4v) is 2.37. The van der Waals surface area contributed by atoms with Crippen molar-refractivity contribution in [2.45, 2.75) is 0 Å². The SMILES string of the molecule is COc1ccc(/C=C(/C(=O)O)c2cc(OC)c(OC)c(OC)c2)cc1. The molecule has 0 aliphatic carbocycles. The number of carbonyl (C=O) groups is 1. The maximum atomic E-state index is 11.8. The van der Waals surface area contributed by atoms with Gasteiger partial charge in [-0.15, -0.1) is 0 Å². The molecule has 0 amide bonds. The van der Waals surface area contributed by atoms with E-state index in [0.717, 1.165) is 5.56 Å². The summed E-state index contributed by atoms with van der Waals surface area (Å²) in [6.45, 7) is 0. The predicted octanol–water partition coefficient (Wildman–Crippen LogP) is 3.35. The van der Waals surface area contributed by atoms with Crippen molar-refractivity contribution in [2.75, 3.05) is 28.4 Å². The summed E-state index contributed by atoms with van der Waals surface area (Å²) in [5, 5.41) is 9.64. The van der Waals surface area contributed by atoms with Crippen LogP contribution >= 0.6 is 0 Å². The van der Waals surface area contributed by atoms with E-state index in [0.29, 0.717) is 28.6 Å². The van der Waals surface area contributed by atoms with E-state index < -0.39 is 5.97 Å². The van der Waals surface area contributed by atoms with Gasteiger partial charge >= 0.3 is 5.97 Å². The summed E-state index contributed by atoms with van der Waals surface area (Å²) in [7, 11) is 6.03. The Balaban J connectivity index is 2.56. The average molecular weight is 344 g/mol. The standard InChI is InChI=1S/C19H20O6/c1-22-14-7-5-12(6-8-14)9-15(19(20)21)13-10-16(23-2)18(25-4)17(11-13)24-3/h5-11H,1-4H3,(H,20,21)/b15-9+. The third-order valence-corrected chi connectivity index (χ3v) is 3.63. The van der Waals surface area contributed by atoms with Crippen molar-refractivity contribution >= 4 is 17.6 Å². The Morgan fingerprint density at radius 1 is 0.880 bits per heavy atom. The number of methoxy groups -OCH3 is 4. The normalized spacial score (nSPS) is 11.0. The van der Waals surface area contributed by atoms with Crippen LogP contribution in [0.4, 0.5) is 0 Å². The Bertz CT molecular complexity index is 752. The highest BCUT2D eigenvalue weighted by Gasteiger charge is 2.18. The molecule has 0 aliphatic heterocycles. The first-order valence-electron chi connectivity index (χ1n) is 7.43. The van der Waals surface area contributed by atoms with Crippen LogP contribution in [0, 0.1) is 0 Å². The predicted molar refractivity (Wildman–Crippen MR) is 94.6 cm³/mol. The molecular formula is C19H20O6. The molecule has 0 saturated carbocycles. The largest absolute Gasteiger partial charge is 0.497 e. The van der Waals surface area contributed by atoms with E-state index in [1.165, 1.54) is 21.3 Å². The lowest BCUT2D eigenvalue weighted by Crippen LogP contribution is -2.02. The van der Waals surface area contributed by atoms with Crippen LogP contribution < -0.4 is 18.9 Å². The van der Waals surface area contributed by atoms with Crippen molar-refractivity contribution in [1.82, 2.24) is 0 Å². The van der Waals surface area contributed by atoms with Gasteiger partial charge in [-0.3, -0.25) is 0 Å². The third kappa shape index (κ3) is 4.03. The maximum absolute atomic E-state index is 11.8. The Hall–Kier alpha value is -3.15. The Morgan fingerprint density at radius 2 is 1.44 bits per heavy atom. The first-order chi connectivity index (χ1) is 12.0. The quantitative estimate of drug-likeness (QED) is 0.613. The highest BCUT2D eigenvalue weighted by atomic mass is 16.5. The van der Waals surface area contributed by atoms with Gasteiger partial charge < -0.3 is 24.1 Å². The number of benzene rings is 2. The highest BCUT2D eigenvalue weighted by Crippen LogP contribution is 2.40. The second-order valence-electron chi connectivity index (χ2n) is 5.05. The number of ether oxygens (including phenoxy) is 4. The molecule has 2 aromatic rings. The molecule has 0 radical (unpaired) electrons. The minimum atomic E-state index is -1.06. The molecule has 1 N–H and O–H groups in total. The summed E-state index contributed by atoms with van der Waals surface area (Å²) in [5.74, 6) is 0.812. The lowest BCUT2D eigenvalue weighted by Gasteiger charge is -2.14.